The lowest BCUT2D eigenvalue weighted by Gasteiger charge is -2.32. The summed E-state index contributed by atoms with van der Waals surface area (Å²) >= 11 is 0. The number of carboxylic acid groups (broad SMARTS) is 1. The fourth-order valence-corrected chi connectivity index (χ4v) is 13.9. The molecule has 10 atom stereocenters. The second-order valence-electron chi connectivity index (χ2n) is 30.5. The van der Waals surface area contributed by atoms with Gasteiger partial charge in [0.2, 0.25) is 70.9 Å². The average molecular weight is 1600 g/mol. The second-order valence-corrected chi connectivity index (χ2v) is 30.5. The highest BCUT2D eigenvalue weighted by molar-refractivity contribution is 6.00. The third-order valence-electron chi connectivity index (χ3n) is 20.2. The van der Waals surface area contributed by atoms with E-state index in [0.717, 1.165) is 38.5 Å². The van der Waals surface area contributed by atoms with Crippen molar-refractivity contribution in [3.63, 3.8) is 0 Å². The number of carboxylic acids is 1. The molecule has 2 aliphatic heterocycles. The summed E-state index contributed by atoms with van der Waals surface area (Å²) in [5, 5.41) is 42.7. The lowest BCUT2D eigenvalue weighted by molar-refractivity contribution is -0.157. The predicted octanol–water partition coefficient (Wildman–Crippen LogP) is 1.07. The Morgan fingerprint density at radius 2 is 1.04 bits per heavy atom. The number of rotatable bonds is 27. The molecule has 5 aromatic rings. The molecule has 36 heteroatoms. The van der Waals surface area contributed by atoms with Gasteiger partial charge in [-0.1, -0.05) is 123 Å². The van der Waals surface area contributed by atoms with Crippen LogP contribution in [0.2, 0.25) is 0 Å². The lowest BCUT2D eigenvalue weighted by Crippen LogP contribution is -2.60. The van der Waals surface area contributed by atoms with Gasteiger partial charge in [-0.3, -0.25) is 62.3 Å². The molecular formula is C79H115N19O17. The molecule has 0 radical (unpaired) electrons. The third-order valence-corrected chi connectivity index (χ3v) is 20.2. The quantitative estimate of drug-likeness (QED) is 0.0258. The van der Waals surface area contributed by atoms with Crippen LogP contribution < -0.4 is 75.3 Å². The van der Waals surface area contributed by atoms with E-state index in [4.69, 9.17) is 16.2 Å². The number of hydrogen-bond donors (Lipinski definition) is 18. The van der Waals surface area contributed by atoms with E-state index in [9.17, 15) is 77.0 Å². The molecule has 2 aliphatic rings. The maximum Gasteiger partial charge on any atom is 0.329 e. The van der Waals surface area contributed by atoms with Crippen molar-refractivity contribution in [2.24, 2.45) is 29.2 Å². The first-order chi connectivity index (χ1) is 55.0. The van der Waals surface area contributed by atoms with Crippen molar-refractivity contribution in [3.05, 3.63) is 90.3 Å². The minimum Gasteiger partial charge on any atom is -0.481 e. The standard InChI is InChI=1S/C79H115N19O17/c1-45(2)21-12-10-8-7-9-11-13-22-51-36-63(99)90-56(27-18-30-80)72(107)94-60(35-50-40-82-44-89-50)74(109)97-69(47(5)6)77(112)98-32-20-29-62(98)75(110)88-42-64(100)91-57(28-19-31-83-79(81)114)73(108)93-59(34-49-39-85-55-26-17-15-24-53(49)55)71(106)86-41-65(101)92-58(33-48-38-84-54-25-16-14-23-52(48)54)70(105)87-43-66(102)96-68(46(3)4)76(111)95-61(37-67(103)104)78(113)115-51/h14-17,23-26,38-40,44-47,51,56-62,68-69,84-85H,7-13,18-22,27-37,41-43,80H2,1-6H3,(H,82,89)(H,86,106)(H,87,105)(H,88,110)(H,90,99)(H,91,100)(H,92,101)(H,93,108)(H,94,107)(H,95,111)(H,96,102)(H,97,109)(H,103,104)(H3,81,83,114)/t51?,56-,57-,58-,59-,60-,61-,62-,68-,69-/m0/s1. The number of nitrogens with two attached hydrogens (primary N) is 2. The van der Waals surface area contributed by atoms with Gasteiger partial charge in [-0.2, -0.15) is 0 Å². The molecule has 20 N–H and O–H groups in total. The summed E-state index contributed by atoms with van der Waals surface area (Å²) in [5.41, 5.74) is 14.2. The Morgan fingerprint density at radius 1 is 0.539 bits per heavy atom. The molecule has 5 heterocycles. The van der Waals surface area contributed by atoms with Crippen LogP contribution in [0, 0.1) is 17.8 Å². The predicted molar refractivity (Wildman–Crippen MR) is 423 cm³/mol. The second kappa shape index (κ2) is 46.0. The molecule has 7 rings (SSSR count). The van der Waals surface area contributed by atoms with Crippen molar-refractivity contribution in [2.45, 2.75) is 230 Å². The highest BCUT2D eigenvalue weighted by atomic mass is 16.5. The van der Waals surface area contributed by atoms with Gasteiger partial charge in [0.05, 0.1) is 38.8 Å². The zero-order chi connectivity index (χ0) is 83.7. The smallest absolute Gasteiger partial charge is 0.329 e. The number of unbranched alkanes of at least 4 members (excludes halogenated alkanes) is 6. The fourth-order valence-electron chi connectivity index (χ4n) is 13.9. The summed E-state index contributed by atoms with van der Waals surface area (Å²) < 4.78 is 5.96. The highest BCUT2D eigenvalue weighted by Gasteiger charge is 2.41. The topological polar surface area (TPSA) is 545 Å². The number of cyclic esters (lactones) is 1. The molecular weight excluding hydrogens is 1490 g/mol. The lowest BCUT2D eigenvalue weighted by atomic mass is 10.0. The number of carbonyl (C=O) groups excluding carboxylic acids is 14. The molecule has 2 saturated heterocycles. The number of aromatic nitrogens is 4. The molecule has 628 valence electrons. The van der Waals surface area contributed by atoms with Gasteiger partial charge in [0.1, 0.15) is 60.5 Å². The minimum atomic E-state index is -1.89. The van der Waals surface area contributed by atoms with Crippen molar-refractivity contribution in [1.82, 2.24) is 88.6 Å². The summed E-state index contributed by atoms with van der Waals surface area (Å²) in [5.74, 6) is -13.9. The Hall–Kier alpha value is -11.5. The van der Waals surface area contributed by atoms with Gasteiger partial charge in [0, 0.05) is 78.4 Å². The number of primary amides is 1. The minimum absolute atomic E-state index is 0.0484. The zero-order valence-electron chi connectivity index (χ0n) is 66.3. The number of urea groups is 1. The fraction of sp³-hybridized carbons (Fsp3) is 0.570. The van der Waals surface area contributed by atoms with Gasteiger partial charge in [-0.15, -0.1) is 0 Å². The molecule has 115 heavy (non-hydrogen) atoms. The zero-order valence-corrected chi connectivity index (χ0v) is 66.3. The van der Waals surface area contributed by atoms with Crippen LogP contribution in [-0.4, -0.2) is 219 Å². The Bertz CT molecular complexity index is 4140. The number of fused-ring (bicyclic) bond motifs is 3. The Labute approximate surface area is 667 Å². The largest absolute Gasteiger partial charge is 0.481 e. The number of aliphatic carboxylic acids is 1. The summed E-state index contributed by atoms with van der Waals surface area (Å²) in [4.78, 5) is 226. The summed E-state index contributed by atoms with van der Waals surface area (Å²) in [6, 6.07) is 0.302. The van der Waals surface area contributed by atoms with Gasteiger partial charge >= 0.3 is 18.0 Å². The Morgan fingerprint density at radius 3 is 1.59 bits per heavy atom. The van der Waals surface area contributed by atoms with Crippen molar-refractivity contribution in [3.8, 4) is 0 Å². The van der Waals surface area contributed by atoms with Gasteiger partial charge < -0.3 is 105 Å². The molecule has 3 aromatic heterocycles. The molecule has 2 aromatic carbocycles. The first kappa shape index (κ1) is 90.7. The highest BCUT2D eigenvalue weighted by Crippen LogP contribution is 2.25. The number of nitrogens with zero attached hydrogens (tertiary/aromatic N) is 2. The van der Waals surface area contributed by atoms with Crippen LogP contribution in [0.3, 0.4) is 0 Å². The van der Waals surface area contributed by atoms with E-state index >= 15 is 0 Å². The molecule has 0 bridgehead atoms. The third kappa shape index (κ3) is 29.5. The van der Waals surface area contributed by atoms with E-state index in [-0.39, 0.29) is 77.4 Å². The van der Waals surface area contributed by atoms with Crippen LogP contribution in [0.4, 0.5) is 4.79 Å². The number of hydrogen-bond acceptors (Lipinski definition) is 18. The first-order valence-corrected chi connectivity index (χ1v) is 39.7. The van der Waals surface area contributed by atoms with Crippen LogP contribution in [0.1, 0.15) is 168 Å². The van der Waals surface area contributed by atoms with Crippen LogP contribution in [0.15, 0.2) is 73.4 Å². The van der Waals surface area contributed by atoms with Gasteiger partial charge in [-0.05, 0) is 98.9 Å². The number of para-hydroxylation sites is 2. The Kier molecular flexibility index (Phi) is 36.3. The maximum atomic E-state index is 14.8. The number of carbonyl (C=O) groups is 15. The number of benzene rings is 2. The summed E-state index contributed by atoms with van der Waals surface area (Å²) in [6.45, 7) is 8.51. The van der Waals surface area contributed by atoms with Gasteiger partial charge in [0.15, 0.2) is 0 Å². The summed E-state index contributed by atoms with van der Waals surface area (Å²) in [6.07, 6.45) is 10.2. The normalized spacial score (nSPS) is 22.7. The van der Waals surface area contributed by atoms with Crippen molar-refractivity contribution in [1.29, 1.82) is 0 Å². The van der Waals surface area contributed by atoms with Gasteiger partial charge in [0.25, 0.3) is 0 Å². The molecule has 36 nitrogen and oxygen atoms in total. The van der Waals surface area contributed by atoms with Crippen LogP contribution >= 0.6 is 0 Å². The average Bonchev–Trinajstić information content (AvgIpc) is 1.73. The van der Waals surface area contributed by atoms with E-state index in [2.05, 4.69) is 97.6 Å². The SMILES string of the molecule is CC(C)CCCCCCCCCC1CC(=O)N[C@@H](CCCN)C(=O)N[C@@H](Cc2cnc[nH]2)C(=O)N[C@@H](C(C)C)C(=O)N2CCC[C@H]2C(=O)NCC(=O)N[C@@H](CCCNC(N)=O)C(=O)N[C@@H](Cc2c[nH]c3ccccc23)C(=O)NCC(=O)N[C@@H](Cc2c[nH]c3ccccc23)C(=O)NCC(=O)N[C@@H](C(C)C)C(=O)N[C@@H](CC(=O)O)C(=O)O1. The molecule has 0 aliphatic carbocycles. The van der Waals surface area contributed by atoms with Crippen LogP contribution in [0.5, 0.6) is 0 Å². The van der Waals surface area contributed by atoms with E-state index in [1.54, 1.807) is 88.6 Å². The van der Waals surface area contributed by atoms with Crippen LogP contribution in [-0.2, 0) is 91.1 Å². The first-order valence-electron chi connectivity index (χ1n) is 39.7. The number of amides is 14. The monoisotopic (exact) mass is 1600 g/mol. The van der Waals surface area contributed by atoms with E-state index in [0.29, 0.717) is 63.8 Å². The number of H-pyrrole nitrogens is 3. The maximum absolute atomic E-state index is 14.8. The van der Waals surface area contributed by atoms with E-state index in [1.165, 1.54) is 17.4 Å². The molecule has 2 fully saturated rings. The number of aromatic amines is 3. The number of ether oxygens (including phenoxy) is 1. The Balaban J connectivity index is 1.21. The van der Waals surface area contributed by atoms with E-state index < -0.39 is 194 Å². The summed E-state index contributed by atoms with van der Waals surface area (Å²) in [7, 11) is 0. The molecule has 1 unspecified atom stereocenters. The molecule has 0 spiro atoms. The van der Waals surface area contributed by atoms with Crippen molar-refractivity contribution < 1.29 is 81.8 Å². The number of esters is 1. The number of nitrogens with one attached hydrogen (secondary N) is 15. The van der Waals surface area contributed by atoms with Crippen molar-refractivity contribution in [2.75, 3.05) is 39.3 Å². The van der Waals surface area contributed by atoms with Gasteiger partial charge in [-0.25, -0.2) is 14.6 Å². The molecule has 14 amide bonds. The number of imidazole rings is 1. The van der Waals surface area contributed by atoms with Crippen molar-refractivity contribution >= 4 is 111 Å². The van der Waals surface area contributed by atoms with Crippen LogP contribution in [0.25, 0.3) is 21.8 Å². The molecule has 0 saturated carbocycles. The van der Waals surface area contributed by atoms with E-state index in [1.807, 2.05) is 0 Å².